The number of para-hydroxylation sites is 2. The van der Waals surface area contributed by atoms with Gasteiger partial charge < -0.3 is 5.32 Å². The lowest BCUT2D eigenvalue weighted by Gasteiger charge is -2.03. The molecule has 1 N–H and O–H groups in total. The quantitative estimate of drug-likeness (QED) is 0.428. The van der Waals surface area contributed by atoms with Crippen LogP contribution in [0.1, 0.15) is 29.3 Å². The first kappa shape index (κ1) is 18.1. The summed E-state index contributed by atoms with van der Waals surface area (Å²) in [5, 5.41) is 5.27. The van der Waals surface area contributed by atoms with Gasteiger partial charge >= 0.3 is 0 Å². The zero-order valence-corrected chi connectivity index (χ0v) is 16.6. The van der Waals surface area contributed by atoms with Crippen molar-refractivity contribution in [3.05, 3.63) is 58.5 Å². The first-order valence-electron chi connectivity index (χ1n) is 9.23. The van der Waals surface area contributed by atoms with Gasteiger partial charge in [0.15, 0.2) is 0 Å². The SMILES string of the molecule is O=C(CCCc1nc2ccccc2s1)NCCCc1nc2ccccc2s1. The van der Waals surface area contributed by atoms with Crippen LogP contribution in [0, 0.1) is 0 Å². The molecule has 2 aromatic carbocycles. The molecule has 0 atom stereocenters. The lowest BCUT2D eigenvalue weighted by Crippen LogP contribution is -2.24. The predicted molar refractivity (Wildman–Crippen MR) is 114 cm³/mol. The van der Waals surface area contributed by atoms with E-state index in [1.54, 1.807) is 22.7 Å². The highest BCUT2D eigenvalue weighted by Crippen LogP contribution is 2.23. The van der Waals surface area contributed by atoms with E-state index in [4.69, 9.17) is 0 Å². The molecule has 0 aliphatic carbocycles. The topological polar surface area (TPSA) is 54.9 Å². The van der Waals surface area contributed by atoms with Crippen molar-refractivity contribution in [2.45, 2.75) is 32.1 Å². The summed E-state index contributed by atoms with van der Waals surface area (Å²) in [4.78, 5) is 21.3. The van der Waals surface area contributed by atoms with Crippen LogP contribution in [-0.2, 0) is 17.6 Å². The molecule has 0 bridgehead atoms. The van der Waals surface area contributed by atoms with Gasteiger partial charge in [-0.2, -0.15) is 0 Å². The van der Waals surface area contributed by atoms with E-state index in [1.807, 2.05) is 36.4 Å². The second kappa shape index (κ2) is 8.59. The van der Waals surface area contributed by atoms with Crippen LogP contribution in [0.3, 0.4) is 0 Å². The Labute approximate surface area is 166 Å². The summed E-state index contributed by atoms with van der Waals surface area (Å²) >= 11 is 3.46. The minimum atomic E-state index is 0.125. The highest BCUT2D eigenvalue weighted by atomic mass is 32.1. The van der Waals surface area contributed by atoms with E-state index >= 15 is 0 Å². The summed E-state index contributed by atoms with van der Waals surface area (Å²) in [5.41, 5.74) is 2.12. The summed E-state index contributed by atoms with van der Waals surface area (Å²) < 4.78 is 2.44. The molecule has 4 rings (SSSR count). The smallest absolute Gasteiger partial charge is 0.220 e. The zero-order valence-electron chi connectivity index (χ0n) is 15.0. The molecule has 4 nitrogen and oxygen atoms in total. The van der Waals surface area contributed by atoms with Crippen LogP contribution >= 0.6 is 22.7 Å². The fourth-order valence-corrected chi connectivity index (χ4v) is 5.03. The molecule has 0 aliphatic rings. The van der Waals surface area contributed by atoms with Crippen molar-refractivity contribution in [1.82, 2.24) is 15.3 Å². The molecule has 0 spiro atoms. The minimum absolute atomic E-state index is 0.125. The second-order valence-electron chi connectivity index (χ2n) is 6.46. The molecule has 6 heteroatoms. The number of benzene rings is 2. The number of nitrogens with zero attached hydrogens (tertiary/aromatic N) is 2. The Morgan fingerprint density at radius 3 is 1.96 bits per heavy atom. The molecular formula is C21H21N3OS2. The highest BCUT2D eigenvalue weighted by Gasteiger charge is 2.06. The molecule has 2 heterocycles. The number of fused-ring (bicyclic) bond motifs is 2. The fraction of sp³-hybridized carbons (Fsp3) is 0.286. The molecule has 0 fully saturated rings. The third kappa shape index (κ3) is 4.70. The average Bonchev–Trinajstić information content (AvgIpc) is 3.28. The lowest BCUT2D eigenvalue weighted by molar-refractivity contribution is -0.121. The van der Waals surface area contributed by atoms with Crippen molar-refractivity contribution in [2.75, 3.05) is 6.54 Å². The third-order valence-electron chi connectivity index (χ3n) is 4.36. The Morgan fingerprint density at radius 2 is 1.37 bits per heavy atom. The average molecular weight is 396 g/mol. The van der Waals surface area contributed by atoms with Crippen LogP contribution in [0.4, 0.5) is 0 Å². The van der Waals surface area contributed by atoms with Crippen molar-refractivity contribution in [3.8, 4) is 0 Å². The Bertz CT molecular complexity index is 988. The summed E-state index contributed by atoms with van der Waals surface area (Å²) in [7, 11) is 0. The van der Waals surface area contributed by atoms with Crippen molar-refractivity contribution in [2.24, 2.45) is 0 Å². The van der Waals surface area contributed by atoms with Crippen LogP contribution in [0.15, 0.2) is 48.5 Å². The van der Waals surface area contributed by atoms with Gasteiger partial charge in [0, 0.05) is 19.4 Å². The Hall–Kier alpha value is -2.31. The lowest BCUT2D eigenvalue weighted by atomic mass is 10.2. The Morgan fingerprint density at radius 1 is 0.815 bits per heavy atom. The van der Waals surface area contributed by atoms with E-state index in [2.05, 4.69) is 27.4 Å². The van der Waals surface area contributed by atoms with Crippen molar-refractivity contribution in [1.29, 1.82) is 0 Å². The number of carbonyl (C=O) groups is 1. The van der Waals surface area contributed by atoms with Gasteiger partial charge in [0.2, 0.25) is 5.91 Å². The molecule has 2 aromatic heterocycles. The third-order valence-corrected chi connectivity index (χ3v) is 6.55. The van der Waals surface area contributed by atoms with E-state index < -0.39 is 0 Å². The number of thiazole rings is 2. The van der Waals surface area contributed by atoms with E-state index in [9.17, 15) is 4.79 Å². The number of aryl methyl sites for hydroxylation is 2. The largest absolute Gasteiger partial charge is 0.356 e. The monoisotopic (exact) mass is 395 g/mol. The molecule has 0 aliphatic heterocycles. The first-order chi connectivity index (χ1) is 13.3. The molecule has 4 aromatic rings. The maximum atomic E-state index is 12.0. The summed E-state index contributed by atoms with van der Waals surface area (Å²) in [5.74, 6) is 0.125. The van der Waals surface area contributed by atoms with Crippen LogP contribution in [-0.4, -0.2) is 22.4 Å². The molecule has 0 saturated heterocycles. The van der Waals surface area contributed by atoms with Gasteiger partial charge in [-0.1, -0.05) is 24.3 Å². The van der Waals surface area contributed by atoms with E-state index in [-0.39, 0.29) is 5.91 Å². The fourth-order valence-electron chi connectivity index (χ4n) is 3.01. The Balaban J connectivity index is 1.15. The van der Waals surface area contributed by atoms with Crippen LogP contribution < -0.4 is 5.32 Å². The van der Waals surface area contributed by atoms with Crippen LogP contribution in [0.5, 0.6) is 0 Å². The maximum Gasteiger partial charge on any atom is 0.220 e. The van der Waals surface area contributed by atoms with Gasteiger partial charge in [-0.25, -0.2) is 9.97 Å². The number of hydrogen-bond acceptors (Lipinski definition) is 5. The molecule has 1 amide bonds. The van der Waals surface area contributed by atoms with E-state index in [1.165, 1.54) is 9.40 Å². The highest BCUT2D eigenvalue weighted by molar-refractivity contribution is 7.18. The normalized spacial score (nSPS) is 11.3. The molecular weight excluding hydrogens is 374 g/mol. The molecule has 0 unspecified atom stereocenters. The number of aromatic nitrogens is 2. The standard InChI is InChI=1S/C21H21N3OS2/c25-19(11-5-12-20-23-15-7-1-3-9-17(15)26-20)22-14-6-13-21-24-16-8-2-4-10-18(16)27-21/h1-4,7-10H,5-6,11-14H2,(H,22,25). The van der Waals surface area contributed by atoms with Gasteiger partial charge in [-0.05, 0) is 43.5 Å². The second-order valence-corrected chi connectivity index (χ2v) is 8.69. The zero-order chi connectivity index (χ0) is 18.5. The Kier molecular flexibility index (Phi) is 5.75. The van der Waals surface area contributed by atoms with Crippen molar-refractivity contribution >= 4 is 49.0 Å². The summed E-state index contributed by atoms with van der Waals surface area (Å²) in [6.07, 6.45) is 4.08. The number of amides is 1. The van der Waals surface area contributed by atoms with Crippen LogP contribution in [0.25, 0.3) is 20.4 Å². The minimum Gasteiger partial charge on any atom is -0.356 e. The number of rotatable bonds is 8. The molecule has 0 radical (unpaired) electrons. The van der Waals surface area contributed by atoms with Crippen molar-refractivity contribution in [3.63, 3.8) is 0 Å². The summed E-state index contributed by atoms with van der Waals surface area (Å²) in [6.45, 7) is 0.704. The molecule has 0 saturated carbocycles. The maximum absolute atomic E-state index is 12.0. The summed E-state index contributed by atoms with van der Waals surface area (Å²) in [6, 6.07) is 16.4. The van der Waals surface area contributed by atoms with Gasteiger partial charge in [0.05, 0.1) is 30.4 Å². The van der Waals surface area contributed by atoms with Gasteiger partial charge in [0.1, 0.15) is 0 Å². The number of hydrogen-bond donors (Lipinski definition) is 1. The van der Waals surface area contributed by atoms with Gasteiger partial charge in [-0.3, -0.25) is 4.79 Å². The molecule has 27 heavy (non-hydrogen) atoms. The molecule has 138 valence electrons. The van der Waals surface area contributed by atoms with E-state index in [0.29, 0.717) is 13.0 Å². The van der Waals surface area contributed by atoms with Gasteiger partial charge in [0.25, 0.3) is 0 Å². The van der Waals surface area contributed by atoms with Crippen LogP contribution in [0.2, 0.25) is 0 Å². The number of nitrogens with one attached hydrogen (secondary N) is 1. The predicted octanol–water partition coefficient (Wildman–Crippen LogP) is 4.98. The van der Waals surface area contributed by atoms with Gasteiger partial charge in [-0.15, -0.1) is 22.7 Å². The first-order valence-corrected chi connectivity index (χ1v) is 10.9. The number of carbonyl (C=O) groups excluding carboxylic acids is 1. The van der Waals surface area contributed by atoms with Crippen molar-refractivity contribution < 1.29 is 4.79 Å². The van der Waals surface area contributed by atoms with E-state index in [0.717, 1.165) is 46.7 Å².